The lowest BCUT2D eigenvalue weighted by Crippen LogP contribution is -2.30. The topological polar surface area (TPSA) is 123 Å². The molecule has 1 rings (SSSR count). The number of likely N-dealkylation sites (tertiary alicyclic amines) is 1. The molecule has 1 aliphatic rings. The fourth-order valence-electron chi connectivity index (χ4n) is 1.57. The lowest BCUT2D eigenvalue weighted by molar-refractivity contribution is -0.127. The van der Waals surface area contributed by atoms with Crippen molar-refractivity contribution in [2.45, 2.75) is 6.42 Å². The Bertz CT molecular complexity index is 414. The highest BCUT2D eigenvalue weighted by molar-refractivity contribution is 7.85. The van der Waals surface area contributed by atoms with E-state index in [-0.39, 0.29) is 31.3 Å². The molecule has 1 aliphatic heterocycles. The highest BCUT2D eigenvalue weighted by Gasteiger charge is 2.29. The van der Waals surface area contributed by atoms with Crippen LogP contribution in [0.15, 0.2) is 5.11 Å². The zero-order valence-electron chi connectivity index (χ0n) is 8.48. The quantitative estimate of drug-likeness (QED) is 0.319. The molecule has 1 fully saturated rings. The van der Waals surface area contributed by atoms with E-state index in [2.05, 4.69) is 10.0 Å². The minimum Gasteiger partial charge on any atom is -0.341 e. The Morgan fingerprint density at radius 3 is 2.88 bits per heavy atom. The summed E-state index contributed by atoms with van der Waals surface area (Å²) in [6, 6.07) is 0. The summed E-state index contributed by atoms with van der Waals surface area (Å²) in [5.74, 6) is -0.709. The molecule has 1 unspecified atom stereocenters. The maximum absolute atomic E-state index is 11.4. The zero-order valence-corrected chi connectivity index (χ0v) is 9.30. The molecule has 16 heavy (non-hydrogen) atoms. The summed E-state index contributed by atoms with van der Waals surface area (Å²) < 4.78 is 29.5. The first-order valence-corrected chi connectivity index (χ1v) is 6.27. The Kier molecular flexibility index (Phi) is 4.11. The van der Waals surface area contributed by atoms with Crippen LogP contribution in [0.3, 0.4) is 0 Å². The molecular formula is C7H12N4O4S. The molecule has 1 N–H and O–H groups in total. The van der Waals surface area contributed by atoms with Gasteiger partial charge in [-0.2, -0.15) is 8.42 Å². The van der Waals surface area contributed by atoms with Crippen molar-refractivity contribution in [1.29, 1.82) is 0 Å². The first kappa shape index (κ1) is 12.8. The maximum Gasteiger partial charge on any atom is 0.266 e. The standard InChI is InChI=1S/C7H12N4O4S/c8-10-9-4-6-3-7(12)11(5-6)1-2-16(13,14)15/h6H,1-5H2,(H,13,14,15). The van der Waals surface area contributed by atoms with Crippen molar-refractivity contribution in [2.24, 2.45) is 11.0 Å². The predicted octanol–water partition coefficient (Wildman–Crippen LogP) is 0.0330. The fourth-order valence-corrected chi connectivity index (χ4v) is 2.02. The van der Waals surface area contributed by atoms with Gasteiger partial charge < -0.3 is 4.90 Å². The molecule has 0 spiro atoms. The normalized spacial score (nSPS) is 20.9. The Morgan fingerprint density at radius 1 is 1.62 bits per heavy atom. The maximum atomic E-state index is 11.4. The third-order valence-electron chi connectivity index (χ3n) is 2.32. The van der Waals surface area contributed by atoms with E-state index in [0.29, 0.717) is 6.54 Å². The van der Waals surface area contributed by atoms with Crippen LogP contribution in [0.5, 0.6) is 0 Å². The third kappa shape index (κ3) is 4.05. The number of amides is 1. The zero-order chi connectivity index (χ0) is 12.2. The van der Waals surface area contributed by atoms with Gasteiger partial charge in [0.15, 0.2) is 0 Å². The lowest BCUT2D eigenvalue weighted by Gasteiger charge is -2.14. The summed E-state index contributed by atoms with van der Waals surface area (Å²) >= 11 is 0. The van der Waals surface area contributed by atoms with Crippen LogP contribution >= 0.6 is 0 Å². The Balaban J connectivity index is 2.45. The molecule has 0 aromatic heterocycles. The van der Waals surface area contributed by atoms with Crippen molar-refractivity contribution in [2.75, 3.05) is 25.4 Å². The van der Waals surface area contributed by atoms with Gasteiger partial charge in [0.1, 0.15) is 0 Å². The van der Waals surface area contributed by atoms with Crippen molar-refractivity contribution in [3.8, 4) is 0 Å². The second-order valence-corrected chi connectivity index (χ2v) is 5.18. The monoisotopic (exact) mass is 248 g/mol. The van der Waals surface area contributed by atoms with E-state index in [1.807, 2.05) is 0 Å². The van der Waals surface area contributed by atoms with Crippen LogP contribution < -0.4 is 0 Å². The first-order valence-electron chi connectivity index (χ1n) is 4.66. The van der Waals surface area contributed by atoms with Crippen molar-refractivity contribution in [3.63, 3.8) is 0 Å². The van der Waals surface area contributed by atoms with Crippen LogP contribution in [0.1, 0.15) is 6.42 Å². The van der Waals surface area contributed by atoms with Gasteiger partial charge in [0.05, 0.1) is 5.75 Å². The Morgan fingerprint density at radius 2 is 2.31 bits per heavy atom. The van der Waals surface area contributed by atoms with Crippen molar-refractivity contribution < 1.29 is 17.8 Å². The van der Waals surface area contributed by atoms with Crippen molar-refractivity contribution >= 4 is 16.0 Å². The van der Waals surface area contributed by atoms with Crippen LogP contribution in [0.2, 0.25) is 0 Å². The molecule has 0 radical (unpaired) electrons. The summed E-state index contributed by atoms with van der Waals surface area (Å²) in [4.78, 5) is 15.3. The number of hydrogen-bond acceptors (Lipinski definition) is 4. The highest BCUT2D eigenvalue weighted by Crippen LogP contribution is 2.17. The van der Waals surface area contributed by atoms with E-state index in [9.17, 15) is 13.2 Å². The highest BCUT2D eigenvalue weighted by atomic mass is 32.2. The second-order valence-electron chi connectivity index (χ2n) is 3.61. The average molecular weight is 248 g/mol. The van der Waals surface area contributed by atoms with Gasteiger partial charge in [-0.15, -0.1) is 0 Å². The smallest absolute Gasteiger partial charge is 0.266 e. The first-order chi connectivity index (χ1) is 7.42. The molecule has 9 heteroatoms. The molecule has 90 valence electrons. The number of rotatable bonds is 5. The van der Waals surface area contributed by atoms with Crippen molar-refractivity contribution in [3.05, 3.63) is 10.4 Å². The summed E-state index contributed by atoms with van der Waals surface area (Å²) in [6.07, 6.45) is 0.254. The Labute approximate surface area is 92.6 Å². The molecule has 1 atom stereocenters. The molecule has 0 saturated carbocycles. The second kappa shape index (κ2) is 5.15. The van der Waals surface area contributed by atoms with E-state index >= 15 is 0 Å². The van der Waals surface area contributed by atoms with Crippen LogP contribution in [0.25, 0.3) is 10.4 Å². The summed E-state index contributed by atoms with van der Waals surface area (Å²) in [5.41, 5.74) is 8.12. The molecule has 8 nitrogen and oxygen atoms in total. The SMILES string of the molecule is [N-]=[N+]=NCC1CC(=O)N(CCS(=O)(=O)O)C1. The van der Waals surface area contributed by atoms with E-state index in [1.165, 1.54) is 4.90 Å². The summed E-state index contributed by atoms with van der Waals surface area (Å²) in [6.45, 7) is 0.572. The Hall–Kier alpha value is -1.31. The minimum atomic E-state index is -4.05. The number of azide groups is 1. The number of carbonyl (C=O) groups is 1. The van der Waals surface area contributed by atoms with Crippen LogP contribution in [-0.2, 0) is 14.9 Å². The van der Waals surface area contributed by atoms with Gasteiger partial charge in [-0.1, -0.05) is 5.11 Å². The van der Waals surface area contributed by atoms with Gasteiger partial charge >= 0.3 is 0 Å². The predicted molar refractivity (Wildman–Crippen MR) is 55.1 cm³/mol. The summed E-state index contributed by atoms with van der Waals surface area (Å²) in [7, 11) is -4.05. The van der Waals surface area contributed by atoms with E-state index in [4.69, 9.17) is 10.1 Å². The molecule has 1 saturated heterocycles. The van der Waals surface area contributed by atoms with Crippen LogP contribution in [0, 0.1) is 5.92 Å². The number of nitrogens with zero attached hydrogens (tertiary/aromatic N) is 4. The van der Waals surface area contributed by atoms with Crippen LogP contribution in [0.4, 0.5) is 0 Å². The van der Waals surface area contributed by atoms with E-state index < -0.39 is 15.9 Å². The van der Waals surface area contributed by atoms with Gasteiger partial charge in [0, 0.05) is 31.0 Å². The van der Waals surface area contributed by atoms with Crippen LogP contribution in [-0.4, -0.2) is 49.2 Å². The fraction of sp³-hybridized carbons (Fsp3) is 0.857. The average Bonchev–Trinajstić information content (AvgIpc) is 2.52. The molecule has 0 aromatic carbocycles. The molecule has 1 heterocycles. The molecule has 1 amide bonds. The molecule has 0 aliphatic carbocycles. The van der Waals surface area contributed by atoms with Crippen molar-refractivity contribution in [1.82, 2.24) is 4.90 Å². The molecule has 0 aromatic rings. The molecular weight excluding hydrogens is 236 g/mol. The largest absolute Gasteiger partial charge is 0.341 e. The lowest BCUT2D eigenvalue weighted by atomic mass is 10.1. The van der Waals surface area contributed by atoms with Gasteiger partial charge in [-0.3, -0.25) is 9.35 Å². The summed E-state index contributed by atoms with van der Waals surface area (Å²) in [5, 5.41) is 3.37. The van der Waals surface area contributed by atoms with E-state index in [1.54, 1.807) is 0 Å². The number of hydrogen-bond donors (Lipinski definition) is 1. The molecule has 0 bridgehead atoms. The minimum absolute atomic E-state index is 0.0234. The third-order valence-corrected chi connectivity index (χ3v) is 3.02. The number of carbonyl (C=O) groups excluding carboxylic acids is 1. The van der Waals surface area contributed by atoms with E-state index in [0.717, 1.165) is 0 Å². The van der Waals surface area contributed by atoms with Gasteiger partial charge in [-0.25, -0.2) is 0 Å². The van der Waals surface area contributed by atoms with Gasteiger partial charge in [0.2, 0.25) is 5.91 Å². The van der Waals surface area contributed by atoms with Gasteiger partial charge in [-0.05, 0) is 11.4 Å². The van der Waals surface area contributed by atoms with Gasteiger partial charge in [0.25, 0.3) is 10.1 Å².